The summed E-state index contributed by atoms with van der Waals surface area (Å²) in [6.45, 7) is 4.18. The lowest BCUT2D eigenvalue weighted by Crippen LogP contribution is -1.84. The Balaban J connectivity index is 1.85. The number of hydrogen-bond acceptors (Lipinski definition) is 4. The molecule has 2 heterocycles. The van der Waals surface area contributed by atoms with E-state index in [0.29, 0.717) is 11.5 Å². The van der Waals surface area contributed by atoms with Gasteiger partial charge in [0.15, 0.2) is 5.82 Å². The third-order valence-electron chi connectivity index (χ3n) is 4.48. The lowest BCUT2D eigenvalue weighted by atomic mass is 10.1. The van der Waals surface area contributed by atoms with Gasteiger partial charge in [-0.1, -0.05) is 37.3 Å². The minimum absolute atomic E-state index is 0.163. The fraction of sp³-hybridized carbons (Fsp3) is 0.136. The molecule has 0 aliphatic heterocycles. The predicted octanol–water partition coefficient (Wildman–Crippen LogP) is 5.99. The third kappa shape index (κ3) is 3.44. The molecule has 27 heavy (non-hydrogen) atoms. The van der Waals surface area contributed by atoms with Crippen molar-refractivity contribution in [1.29, 1.82) is 0 Å². The van der Waals surface area contributed by atoms with Gasteiger partial charge in [-0.05, 0) is 48.7 Å². The van der Waals surface area contributed by atoms with E-state index in [9.17, 15) is 5.11 Å². The summed E-state index contributed by atoms with van der Waals surface area (Å²) >= 11 is 0. The highest BCUT2D eigenvalue weighted by molar-refractivity contribution is 5.74. The number of aromatic hydroxyl groups is 1. The van der Waals surface area contributed by atoms with Gasteiger partial charge in [-0.2, -0.15) is 0 Å². The molecule has 2 aromatic heterocycles. The molecule has 0 saturated heterocycles. The zero-order valence-corrected chi connectivity index (χ0v) is 15.3. The quantitative estimate of drug-likeness (QED) is 0.456. The normalized spacial score (nSPS) is 11.5. The van der Waals surface area contributed by atoms with Gasteiger partial charge in [0.25, 0.3) is 0 Å². The topological polar surface area (TPSA) is 62.2 Å². The Morgan fingerprint density at radius 3 is 2.56 bits per heavy atom. The van der Waals surface area contributed by atoms with Gasteiger partial charge in [0, 0.05) is 17.8 Å². The summed E-state index contributed by atoms with van der Waals surface area (Å²) in [6.07, 6.45) is 2.95. The van der Waals surface area contributed by atoms with Crippen LogP contribution in [-0.4, -0.2) is 14.5 Å². The van der Waals surface area contributed by atoms with Crippen LogP contribution in [0.3, 0.4) is 0 Å². The van der Waals surface area contributed by atoms with Gasteiger partial charge in [-0.3, -0.25) is 4.40 Å². The Labute approximate surface area is 157 Å². The van der Waals surface area contributed by atoms with Crippen molar-refractivity contribution in [3.8, 4) is 17.0 Å². The Kier molecular flexibility index (Phi) is 4.42. The zero-order chi connectivity index (χ0) is 18.8. The van der Waals surface area contributed by atoms with Crippen LogP contribution in [0.4, 0.5) is 11.5 Å². The number of nitrogens with zero attached hydrogens (tertiary/aromatic N) is 4. The molecule has 0 unspecified atom stereocenters. The Bertz CT molecular complexity index is 1130. The minimum Gasteiger partial charge on any atom is -0.508 e. The van der Waals surface area contributed by atoms with E-state index in [2.05, 4.69) is 41.4 Å². The van der Waals surface area contributed by atoms with Crippen molar-refractivity contribution in [2.45, 2.75) is 20.3 Å². The zero-order valence-electron chi connectivity index (χ0n) is 15.3. The number of phenols is 1. The molecule has 0 radical (unpaired) electrons. The second-order valence-electron chi connectivity index (χ2n) is 6.49. The van der Waals surface area contributed by atoms with Gasteiger partial charge in [-0.25, -0.2) is 4.98 Å². The highest BCUT2D eigenvalue weighted by Gasteiger charge is 2.14. The van der Waals surface area contributed by atoms with Crippen LogP contribution in [-0.2, 0) is 6.42 Å². The van der Waals surface area contributed by atoms with E-state index in [4.69, 9.17) is 4.98 Å². The van der Waals surface area contributed by atoms with E-state index in [-0.39, 0.29) is 5.75 Å². The van der Waals surface area contributed by atoms with E-state index in [0.717, 1.165) is 28.9 Å². The first kappa shape index (κ1) is 17.0. The number of rotatable bonds is 4. The highest BCUT2D eigenvalue weighted by Crippen LogP contribution is 2.33. The van der Waals surface area contributed by atoms with E-state index >= 15 is 0 Å². The van der Waals surface area contributed by atoms with Gasteiger partial charge in [0.1, 0.15) is 17.1 Å². The second kappa shape index (κ2) is 7.03. The largest absolute Gasteiger partial charge is 0.508 e. The molecule has 2 aromatic carbocycles. The van der Waals surface area contributed by atoms with Gasteiger partial charge >= 0.3 is 0 Å². The number of azo groups is 1. The van der Waals surface area contributed by atoms with Crippen molar-refractivity contribution >= 4 is 17.2 Å². The van der Waals surface area contributed by atoms with Crippen molar-refractivity contribution < 1.29 is 5.11 Å². The smallest absolute Gasteiger partial charge is 0.187 e. The van der Waals surface area contributed by atoms with Crippen molar-refractivity contribution in [2.24, 2.45) is 10.2 Å². The SMILES string of the molecule is CCc1ccc(-c2nc3cc(C)ccn3c2N=Nc2cccc(O)c2)cc1. The van der Waals surface area contributed by atoms with E-state index < -0.39 is 0 Å². The van der Waals surface area contributed by atoms with Crippen molar-refractivity contribution in [1.82, 2.24) is 9.38 Å². The van der Waals surface area contributed by atoms with Crippen LogP contribution in [0.2, 0.25) is 0 Å². The monoisotopic (exact) mass is 356 g/mol. The predicted molar refractivity (Wildman–Crippen MR) is 107 cm³/mol. The van der Waals surface area contributed by atoms with Crippen LogP contribution in [0.1, 0.15) is 18.1 Å². The van der Waals surface area contributed by atoms with Gasteiger partial charge < -0.3 is 5.11 Å². The van der Waals surface area contributed by atoms with Gasteiger partial charge in [0.05, 0.1) is 5.69 Å². The molecule has 1 N–H and O–H groups in total. The number of phenolic OH excluding ortho intramolecular Hbond substituents is 1. The molecule has 4 rings (SSSR count). The summed E-state index contributed by atoms with van der Waals surface area (Å²) in [5, 5.41) is 18.4. The Hall–Kier alpha value is -3.47. The molecule has 5 heteroatoms. The minimum atomic E-state index is 0.163. The average molecular weight is 356 g/mol. The summed E-state index contributed by atoms with van der Waals surface area (Å²) < 4.78 is 1.93. The number of fused-ring (bicyclic) bond motifs is 1. The Morgan fingerprint density at radius 1 is 1.00 bits per heavy atom. The van der Waals surface area contributed by atoms with Crippen LogP contribution in [0.25, 0.3) is 16.9 Å². The lowest BCUT2D eigenvalue weighted by molar-refractivity contribution is 0.475. The molecule has 0 fully saturated rings. The fourth-order valence-electron chi connectivity index (χ4n) is 2.98. The van der Waals surface area contributed by atoms with Crippen molar-refractivity contribution in [3.63, 3.8) is 0 Å². The van der Waals surface area contributed by atoms with Crippen LogP contribution in [0.15, 0.2) is 77.1 Å². The first-order valence-electron chi connectivity index (χ1n) is 8.93. The third-order valence-corrected chi connectivity index (χ3v) is 4.48. The van der Waals surface area contributed by atoms with Crippen molar-refractivity contribution in [3.05, 3.63) is 78.0 Å². The fourth-order valence-corrected chi connectivity index (χ4v) is 2.98. The van der Waals surface area contributed by atoms with Gasteiger partial charge in [0.2, 0.25) is 0 Å². The number of benzene rings is 2. The summed E-state index contributed by atoms with van der Waals surface area (Å²) in [7, 11) is 0. The molecule has 0 aliphatic carbocycles. The van der Waals surface area contributed by atoms with Crippen LogP contribution in [0, 0.1) is 6.92 Å². The number of hydrogen-bond donors (Lipinski definition) is 1. The summed E-state index contributed by atoms with van der Waals surface area (Å²) in [4.78, 5) is 4.79. The number of aromatic nitrogens is 2. The standard InChI is InChI=1S/C22H20N4O/c1-3-16-7-9-17(10-8-16)21-22(25-24-18-5-4-6-19(27)14-18)26-12-11-15(2)13-20(26)23-21/h4-14,27H,3H2,1-2H3. The first-order chi connectivity index (χ1) is 13.1. The second-order valence-corrected chi connectivity index (χ2v) is 6.49. The average Bonchev–Trinajstić information content (AvgIpc) is 3.04. The molecular weight excluding hydrogens is 336 g/mol. The first-order valence-corrected chi connectivity index (χ1v) is 8.93. The summed E-state index contributed by atoms with van der Waals surface area (Å²) in [5.74, 6) is 0.827. The molecule has 0 saturated carbocycles. The maximum absolute atomic E-state index is 9.64. The maximum Gasteiger partial charge on any atom is 0.187 e. The lowest BCUT2D eigenvalue weighted by Gasteiger charge is -2.02. The summed E-state index contributed by atoms with van der Waals surface area (Å²) in [6, 6.07) is 19.1. The number of aryl methyl sites for hydroxylation is 2. The molecule has 134 valence electrons. The van der Waals surface area contributed by atoms with Crippen molar-refractivity contribution in [2.75, 3.05) is 0 Å². The molecule has 0 bridgehead atoms. The van der Waals surface area contributed by atoms with E-state index in [1.165, 1.54) is 5.56 Å². The molecule has 0 atom stereocenters. The number of imidazole rings is 1. The van der Waals surface area contributed by atoms with Crippen LogP contribution < -0.4 is 0 Å². The maximum atomic E-state index is 9.64. The van der Waals surface area contributed by atoms with Crippen LogP contribution >= 0.6 is 0 Å². The molecule has 5 nitrogen and oxygen atoms in total. The van der Waals surface area contributed by atoms with E-state index in [1.54, 1.807) is 24.3 Å². The van der Waals surface area contributed by atoms with Crippen LogP contribution in [0.5, 0.6) is 5.75 Å². The number of pyridine rings is 1. The van der Waals surface area contributed by atoms with E-state index in [1.807, 2.05) is 29.7 Å². The molecule has 0 amide bonds. The van der Waals surface area contributed by atoms with Gasteiger partial charge in [-0.15, -0.1) is 10.2 Å². The highest BCUT2D eigenvalue weighted by atomic mass is 16.3. The summed E-state index contributed by atoms with van der Waals surface area (Å²) in [5.41, 5.74) is 5.61. The molecule has 0 spiro atoms. The molecular formula is C22H20N4O. The Morgan fingerprint density at radius 2 is 1.81 bits per heavy atom. The molecule has 0 aliphatic rings. The molecule has 4 aromatic rings.